The van der Waals surface area contributed by atoms with E-state index in [1.54, 1.807) is 0 Å². The molecule has 0 aromatic rings. The maximum atomic E-state index is 12.9. The summed E-state index contributed by atoms with van der Waals surface area (Å²) in [5, 5.41) is 0. The molecule has 2 unspecified atom stereocenters. The van der Waals surface area contributed by atoms with Crippen molar-refractivity contribution < 1.29 is 42.1 Å². The van der Waals surface area contributed by atoms with Crippen LogP contribution >= 0.6 is 7.82 Å². The van der Waals surface area contributed by atoms with Crippen LogP contribution in [0.15, 0.2) is 134 Å². The molecule has 0 N–H and O–H groups in total. The quantitative estimate of drug-likeness (QED) is 0.0195. The second-order valence-electron chi connectivity index (χ2n) is 26.3. The molecule has 0 aromatic heterocycles. The SMILES string of the molecule is CC/C=C\C/C=C\C/C=C\C/C=C\C/C=C\C/C=C\C/C=C\C/C=C\C/C=C\C/C=C\CCCCCCCCC(=O)OC(COC(=O)CCCCCCCCCCCCCCCCCCCCC/C=C\CCCCCCCCCC)COP(=O)([O-])OCC[N+](C)(C)C. The molecule has 0 aliphatic carbocycles. The number of hydrogen-bond donors (Lipinski definition) is 0. The van der Waals surface area contributed by atoms with Crippen LogP contribution < -0.4 is 4.89 Å². The Balaban J connectivity index is 4.09. The summed E-state index contributed by atoms with van der Waals surface area (Å²) < 4.78 is 34.3. The van der Waals surface area contributed by atoms with E-state index in [0.29, 0.717) is 17.4 Å². The third-order valence-electron chi connectivity index (χ3n) is 16.2. The van der Waals surface area contributed by atoms with Gasteiger partial charge in [0.15, 0.2) is 6.10 Å². The Morgan fingerprint density at radius 2 is 0.620 bits per heavy atom. The minimum Gasteiger partial charge on any atom is -0.756 e. The van der Waals surface area contributed by atoms with Crippen LogP contribution in [0.5, 0.6) is 0 Å². The van der Waals surface area contributed by atoms with Gasteiger partial charge in [-0.1, -0.05) is 327 Å². The van der Waals surface area contributed by atoms with Gasteiger partial charge in [0.25, 0.3) is 7.82 Å². The van der Waals surface area contributed by atoms with E-state index in [0.717, 1.165) is 122 Å². The topological polar surface area (TPSA) is 111 Å². The second kappa shape index (κ2) is 71.4. The first-order chi connectivity index (χ1) is 45.0. The Morgan fingerprint density at radius 1 is 0.348 bits per heavy atom. The lowest BCUT2D eigenvalue weighted by atomic mass is 10.0. The number of phosphoric acid groups is 1. The molecule has 0 aliphatic heterocycles. The highest BCUT2D eigenvalue weighted by Gasteiger charge is 2.22. The highest BCUT2D eigenvalue weighted by atomic mass is 31.2. The van der Waals surface area contributed by atoms with Gasteiger partial charge >= 0.3 is 11.9 Å². The fourth-order valence-electron chi connectivity index (χ4n) is 10.4. The molecule has 0 spiro atoms. The van der Waals surface area contributed by atoms with Crippen molar-refractivity contribution in [3.8, 4) is 0 Å². The normalized spacial score (nSPS) is 13.8. The number of quaternary nitrogens is 1. The van der Waals surface area contributed by atoms with Gasteiger partial charge in [-0.2, -0.15) is 0 Å². The van der Waals surface area contributed by atoms with Gasteiger partial charge in [0, 0.05) is 12.8 Å². The Morgan fingerprint density at radius 3 is 0.935 bits per heavy atom. The molecule has 9 nitrogen and oxygen atoms in total. The average molecular weight is 1300 g/mol. The number of likely N-dealkylation sites (N-methyl/N-ethyl adjacent to an activating group) is 1. The van der Waals surface area contributed by atoms with Gasteiger partial charge in [-0.15, -0.1) is 0 Å². The number of ether oxygens (including phenoxy) is 2. The molecule has 2 atom stereocenters. The van der Waals surface area contributed by atoms with E-state index in [2.05, 4.69) is 148 Å². The van der Waals surface area contributed by atoms with Crippen LogP contribution in [0.25, 0.3) is 0 Å². The Bertz CT molecular complexity index is 2020. The van der Waals surface area contributed by atoms with E-state index in [1.807, 2.05) is 21.1 Å². The highest BCUT2D eigenvalue weighted by Crippen LogP contribution is 2.38. The van der Waals surface area contributed by atoms with Crippen LogP contribution in [0.1, 0.15) is 322 Å². The first-order valence-electron chi connectivity index (χ1n) is 37.9. The minimum absolute atomic E-state index is 0.0392. The van der Waals surface area contributed by atoms with Crippen molar-refractivity contribution in [1.29, 1.82) is 0 Å². The van der Waals surface area contributed by atoms with Gasteiger partial charge in [-0.05, 0) is 116 Å². The minimum atomic E-state index is -4.66. The lowest BCUT2D eigenvalue weighted by molar-refractivity contribution is -0.870. The first kappa shape index (κ1) is 88.2. The predicted octanol–water partition coefficient (Wildman–Crippen LogP) is 24.5. The Hall–Kier alpha value is -3.85. The highest BCUT2D eigenvalue weighted by molar-refractivity contribution is 7.45. The summed E-state index contributed by atoms with van der Waals surface area (Å²) in [5.41, 5.74) is 0. The molecule has 528 valence electrons. The molecule has 0 amide bonds. The van der Waals surface area contributed by atoms with Crippen molar-refractivity contribution in [2.45, 2.75) is 328 Å². The van der Waals surface area contributed by atoms with Crippen molar-refractivity contribution in [3.63, 3.8) is 0 Å². The number of allylic oxidation sites excluding steroid dienone is 22. The molecule has 0 bridgehead atoms. The van der Waals surface area contributed by atoms with E-state index < -0.39 is 26.5 Å². The second-order valence-corrected chi connectivity index (χ2v) is 27.7. The van der Waals surface area contributed by atoms with Crippen LogP contribution in [0.3, 0.4) is 0 Å². The maximum Gasteiger partial charge on any atom is 0.306 e. The first-order valence-corrected chi connectivity index (χ1v) is 39.4. The fraction of sp³-hybridized carbons (Fsp3) is 0.707. The van der Waals surface area contributed by atoms with Crippen LogP contribution in [0, 0.1) is 0 Å². The summed E-state index contributed by atoms with van der Waals surface area (Å²) >= 11 is 0. The van der Waals surface area contributed by atoms with E-state index in [4.69, 9.17) is 18.5 Å². The largest absolute Gasteiger partial charge is 0.756 e. The zero-order chi connectivity index (χ0) is 66.9. The molecule has 0 radical (unpaired) electrons. The van der Waals surface area contributed by atoms with Crippen LogP contribution in [0.4, 0.5) is 0 Å². The van der Waals surface area contributed by atoms with E-state index in [1.165, 1.54) is 167 Å². The number of nitrogens with zero attached hydrogens (tertiary/aromatic N) is 1. The molecule has 0 saturated heterocycles. The van der Waals surface area contributed by atoms with Gasteiger partial charge < -0.3 is 27.9 Å². The molecule has 0 aromatic carbocycles. The van der Waals surface area contributed by atoms with Gasteiger partial charge in [0.05, 0.1) is 27.7 Å². The van der Waals surface area contributed by atoms with Gasteiger partial charge in [0.2, 0.25) is 0 Å². The number of carbonyl (C=O) groups excluding carboxylic acids is 2. The molecule has 0 rings (SSSR count). The summed E-state index contributed by atoms with van der Waals surface area (Å²) in [7, 11) is 1.15. The third kappa shape index (κ3) is 75.2. The third-order valence-corrected chi connectivity index (χ3v) is 17.1. The number of phosphoric ester groups is 1. The number of carbonyl (C=O) groups is 2. The smallest absolute Gasteiger partial charge is 0.306 e. The van der Waals surface area contributed by atoms with Crippen molar-refractivity contribution in [1.82, 2.24) is 0 Å². The van der Waals surface area contributed by atoms with Crippen molar-refractivity contribution >= 4 is 19.8 Å². The maximum absolute atomic E-state index is 12.9. The molecule has 0 fully saturated rings. The number of unbranched alkanes of at least 4 members (excludes halogenated alkanes) is 33. The molecular weight excluding hydrogens is 1160 g/mol. The standard InChI is InChI=1S/C82H142NO8P/c1-6-8-10-12-14-16-18-20-22-24-26-28-30-32-34-36-38-39-40-41-42-43-45-47-49-51-53-55-57-59-61-63-65-67-69-71-73-75-82(85)91-80(79-90-92(86,87)89-77-76-83(3,4)5)78-88-81(84)74-72-70-68-66-64-62-60-58-56-54-52-50-48-46-44-37-35-33-31-29-27-25-23-21-19-17-15-13-11-9-7-2/h8,10,14,16,20,22,25-28,32,34,38-39,41-42,45,47,51,53,57,59,80H,6-7,9,11-13,15,17-19,21,23-24,29-31,33,35-37,40,43-44,46,48-50,52,54-56,58,60-79H2,1-5H3/b10-8-,16-14-,22-20-,27-25-,28-26-,34-32-,39-38-,42-41-,47-45-,53-51-,59-57-. The van der Waals surface area contributed by atoms with E-state index in [-0.39, 0.29) is 32.0 Å². The van der Waals surface area contributed by atoms with Crippen LogP contribution in [-0.2, 0) is 32.7 Å². The lowest BCUT2D eigenvalue weighted by Gasteiger charge is -2.28. The number of hydrogen-bond acceptors (Lipinski definition) is 8. The van der Waals surface area contributed by atoms with Gasteiger partial charge in [-0.3, -0.25) is 14.2 Å². The summed E-state index contributed by atoms with van der Waals surface area (Å²) in [6.45, 7) is 4.13. The number of esters is 2. The number of rotatable bonds is 69. The molecule has 0 saturated carbocycles. The summed E-state index contributed by atoms with van der Waals surface area (Å²) in [6, 6.07) is 0. The van der Waals surface area contributed by atoms with Crippen molar-refractivity contribution in [2.75, 3.05) is 47.5 Å². The zero-order valence-electron chi connectivity index (χ0n) is 60.2. The van der Waals surface area contributed by atoms with Gasteiger partial charge in [0.1, 0.15) is 19.8 Å². The van der Waals surface area contributed by atoms with Gasteiger partial charge in [-0.25, -0.2) is 0 Å². The molecule has 92 heavy (non-hydrogen) atoms. The molecular formula is C82H142NO8P. The Labute approximate surface area is 568 Å². The average Bonchev–Trinajstić information content (AvgIpc) is 2.34. The van der Waals surface area contributed by atoms with E-state index in [9.17, 15) is 19.0 Å². The summed E-state index contributed by atoms with van der Waals surface area (Å²) in [5.74, 6) is -0.847. The molecule has 0 aliphatic rings. The summed E-state index contributed by atoms with van der Waals surface area (Å²) in [6.07, 6.45) is 104. The predicted molar refractivity (Wildman–Crippen MR) is 397 cm³/mol. The van der Waals surface area contributed by atoms with Crippen molar-refractivity contribution in [2.24, 2.45) is 0 Å². The molecule has 0 heterocycles. The molecule has 10 heteroatoms. The summed E-state index contributed by atoms with van der Waals surface area (Å²) in [4.78, 5) is 38.1. The lowest BCUT2D eigenvalue weighted by Crippen LogP contribution is -2.37. The van der Waals surface area contributed by atoms with Crippen LogP contribution in [-0.4, -0.2) is 70.0 Å². The Kier molecular flexibility index (Phi) is 68.5. The van der Waals surface area contributed by atoms with Crippen LogP contribution in [0.2, 0.25) is 0 Å². The monoisotopic (exact) mass is 1300 g/mol. The van der Waals surface area contributed by atoms with E-state index >= 15 is 0 Å². The fourth-order valence-corrected chi connectivity index (χ4v) is 11.1. The zero-order valence-corrected chi connectivity index (χ0v) is 61.1. The van der Waals surface area contributed by atoms with Crippen molar-refractivity contribution in [3.05, 3.63) is 134 Å².